The molecule has 10 heteroatoms. The molecule has 0 unspecified atom stereocenters. The molecule has 2 saturated heterocycles. The fraction of sp³-hybridized carbons (Fsp3) is 0.367. The molecule has 0 radical (unpaired) electrons. The molecule has 0 aliphatic carbocycles. The number of rotatable bonds is 6. The summed E-state index contributed by atoms with van der Waals surface area (Å²) >= 11 is 6.64. The lowest BCUT2D eigenvalue weighted by Crippen LogP contribution is -2.34. The molecule has 0 bridgehead atoms. The fourth-order valence-corrected chi connectivity index (χ4v) is 5.96. The molecule has 0 spiro atoms. The predicted octanol–water partition coefficient (Wildman–Crippen LogP) is 4.32. The molecular weight excluding hydrogens is 530 g/mol. The van der Waals surface area contributed by atoms with E-state index in [9.17, 15) is 5.11 Å². The van der Waals surface area contributed by atoms with Crippen molar-refractivity contribution in [3.05, 3.63) is 65.2 Å². The van der Waals surface area contributed by atoms with Gasteiger partial charge in [0, 0.05) is 23.7 Å². The molecule has 3 aliphatic rings. The first-order valence-corrected chi connectivity index (χ1v) is 14.0. The summed E-state index contributed by atoms with van der Waals surface area (Å²) in [7, 11) is 0. The quantitative estimate of drug-likeness (QED) is 0.362. The Bertz CT molecular complexity index is 1570. The third kappa shape index (κ3) is 4.53. The molecule has 0 amide bonds. The lowest BCUT2D eigenvalue weighted by atomic mass is 10.0. The van der Waals surface area contributed by atoms with E-state index in [1.807, 2.05) is 18.2 Å². The number of aliphatic hydroxyl groups excluding tert-OH is 1. The summed E-state index contributed by atoms with van der Waals surface area (Å²) < 4.78 is 17.3. The third-order valence-electron chi connectivity index (χ3n) is 7.78. The van der Waals surface area contributed by atoms with Crippen molar-refractivity contribution >= 4 is 28.6 Å². The van der Waals surface area contributed by atoms with Crippen molar-refractivity contribution in [1.82, 2.24) is 19.9 Å². The fourth-order valence-electron chi connectivity index (χ4n) is 5.69. The Balaban J connectivity index is 1.09. The van der Waals surface area contributed by atoms with Crippen LogP contribution in [0.4, 0.5) is 0 Å². The minimum Gasteiger partial charge on any atom is -0.456 e. The van der Waals surface area contributed by atoms with Crippen molar-refractivity contribution in [2.75, 3.05) is 26.3 Å². The Kier molecular flexibility index (Phi) is 6.47. The summed E-state index contributed by atoms with van der Waals surface area (Å²) in [5.74, 6) is 1.08. The number of halogens is 1. The molecule has 5 heterocycles. The number of H-pyrrole nitrogens is 1. The van der Waals surface area contributed by atoms with Crippen LogP contribution in [0.2, 0.25) is 5.02 Å². The summed E-state index contributed by atoms with van der Waals surface area (Å²) in [5.41, 5.74) is 6.10. The molecule has 0 saturated carbocycles. The zero-order valence-electron chi connectivity index (χ0n) is 22.3. The number of hydrogen-bond donors (Lipinski definition) is 2. The van der Waals surface area contributed by atoms with Gasteiger partial charge in [-0.3, -0.25) is 4.99 Å². The van der Waals surface area contributed by atoms with Gasteiger partial charge in [-0.25, -0.2) is 4.98 Å². The van der Waals surface area contributed by atoms with E-state index in [0.29, 0.717) is 40.5 Å². The standard InChI is InChI=1S/C30H30ClN5O4/c1-16(2)36-12-11-32-29(36)20-9-5-18(6-10-20)17-3-7-19(8-4-17)25-21(31)13-22-28(34-25)35-30(33-22)40-24-15-39-26-23(37)14-38-27(24)26/h3-10,13,16,23-24,26-27,37H,11-12,14-15H2,1-2H3,(H,33,34,35)/t23-,24-,26-,27-/m1/s1. The minimum atomic E-state index is -0.634. The van der Waals surface area contributed by atoms with Gasteiger partial charge >= 0.3 is 0 Å². The van der Waals surface area contributed by atoms with Gasteiger partial charge in [0.25, 0.3) is 6.01 Å². The molecule has 2 N–H and O–H groups in total. The second kappa shape index (κ2) is 10.2. The second-order valence-electron chi connectivity index (χ2n) is 10.7. The second-order valence-corrected chi connectivity index (χ2v) is 11.1. The average molecular weight is 560 g/mol. The Morgan fingerprint density at radius 2 is 1.62 bits per heavy atom. The predicted molar refractivity (Wildman–Crippen MR) is 153 cm³/mol. The molecule has 40 heavy (non-hydrogen) atoms. The highest BCUT2D eigenvalue weighted by atomic mass is 35.5. The lowest BCUT2D eigenvalue weighted by Gasteiger charge is -2.24. The van der Waals surface area contributed by atoms with Crippen molar-refractivity contribution < 1.29 is 19.3 Å². The first kappa shape index (κ1) is 25.5. The number of aromatic nitrogens is 3. The Labute approximate surface area is 236 Å². The number of benzene rings is 2. The van der Waals surface area contributed by atoms with Crippen molar-refractivity contribution in [3.8, 4) is 28.4 Å². The third-order valence-corrected chi connectivity index (χ3v) is 8.07. The van der Waals surface area contributed by atoms with Gasteiger partial charge in [0.05, 0.1) is 36.0 Å². The smallest absolute Gasteiger partial charge is 0.296 e. The van der Waals surface area contributed by atoms with Gasteiger partial charge in [0.1, 0.15) is 24.1 Å². The number of amidine groups is 1. The highest BCUT2D eigenvalue weighted by molar-refractivity contribution is 6.33. The summed E-state index contributed by atoms with van der Waals surface area (Å²) in [6.07, 6.45) is -1.69. The lowest BCUT2D eigenvalue weighted by molar-refractivity contribution is 0.00706. The van der Waals surface area contributed by atoms with Gasteiger partial charge in [-0.1, -0.05) is 60.1 Å². The first-order chi connectivity index (χ1) is 19.4. The van der Waals surface area contributed by atoms with Crippen molar-refractivity contribution in [1.29, 1.82) is 0 Å². The molecule has 7 rings (SSSR count). The van der Waals surface area contributed by atoms with E-state index < -0.39 is 6.10 Å². The molecule has 2 aromatic heterocycles. The summed E-state index contributed by atoms with van der Waals surface area (Å²) in [6.45, 7) is 6.79. The molecule has 206 valence electrons. The molecule has 4 aromatic rings. The summed E-state index contributed by atoms with van der Waals surface area (Å²) in [4.78, 5) is 19.4. The van der Waals surface area contributed by atoms with E-state index in [4.69, 9.17) is 35.8 Å². The maximum atomic E-state index is 9.97. The van der Waals surface area contributed by atoms with Crippen LogP contribution >= 0.6 is 11.6 Å². The van der Waals surface area contributed by atoms with E-state index >= 15 is 0 Å². The van der Waals surface area contributed by atoms with Crippen LogP contribution in [0.3, 0.4) is 0 Å². The Morgan fingerprint density at radius 3 is 2.35 bits per heavy atom. The van der Waals surface area contributed by atoms with Gasteiger partial charge in [-0.15, -0.1) is 0 Å². The molecule has 2 fully saturated rings. The van der Waals surface area contributed by atoms with Crippen LogP contribution < -0.4 is 4.74 Å². The monoisotopic (exact) mass is 559 g/mol. The highest BCUT2D eigenvalue weighted by Crippen LogP contribution is 2.33. The number of ether oxygens (including phenoxy) is 3. The van der Waals surface area contributed by atoms with Gasteiger partial charge in [-0.2, -0.15) is 4.98 Å². The van der Waals surface area contributed by atoms with Crippen LogP contribution in [0.25, 0.3) is 33.5 Å². The van der Waals surface area contributed by atoms with E-state index in [0.717, 1.165) is 41.2 Å². The Morgan fingerprint density at radius 1 is 0.950 bits per heavy atom. The maximum Gasteiger partial charge on any atom is 0.296 e. The van der Waals surface area contributed by atoms with Crippen LogP contribution in [0.1, 0.15) is 19.4 Å². The van der Waals surface area contributed by atoms with Gasteiger partial charge < -0.3 is 29.2 Å². The number of aliphatic hydroxyl groups is 1. The number of nitrogens with zero attached hydrogens (tertiary/aromatic N) is 4. The zero-order chi connectivity index (χ0) is 27.4. The van der Waals surface area contributed by atoms with Crippen molar-refractivity contribution in [2.24, 2.45) is 4.99 Å². The number of aliphatic imine (C=N–C) groups is 1. The SMILES string of the molecule is CC(C)N1CCN=C1c1ccc(-c2ccc(-c3nc4nc(O[C@@H]5CO[C@H]6[C@@H]5OC[C@H]6O)[nH]c4cc3Cl)cc2)cc1. The van der Waals surface area contributed by atoms with E-state index in [1.165, 1.54) is 0 Å². The van der Waals surface area contributed by atoms with Crippen LogP contribution in [0, 0.1) is 0 Å². The first-order valence-electron chi connectivity index (χ1n) is 13.6. The molecule has 3 aliphatic heterocycles. The van der Waals surface area contributed by atoms with Gasteiger partial charge in [0.2, 0.25) is 0 Å². The van der Waals surface area contributed by atoms with E-state index in [-0.39, 0.29) is 24.9 Å². The molecule has 2 aromatic carbocycles. The maximum absolute atomic E-state index is 9.97. The largest absolute Gasteiger partial charge is 0.456 e. The number of imidazole rings is 1. The van der Waals surface area contributed by atoms with E-state index in [1.54, 1.807) is 0 Å². The van der Waals surface area contributed by atoms with Crippen LogP contribution in [-0.4, -0.2) is 87.6 Å². The Hall–Kier alpha value is -3.50. The normalized spacial score (nSPS) is 24.2. The number of hydrogen-bond acceptors (Lipinski definition) is 8. The van der Waals surface area contributed by atoms with E-state index in [2.05, 4.69) is 65.1 Å². The molecular formula is C30H30ClN5O4. The van der Waals surface area contributed by atoms with Crippen molar-refractivity contribution in [2.45, 2.75) is 44.3 Å². The van der Waals surface area contributed by atoms with Crippen LogP contribution in [0.15, 0.2) is 59.6 Å². The topological polar surface area (TPSA) is 105 Å². The highest BCUT2D eigenvalue weighted by Gasteiger charge is 2.48. The van der Waals surface area contributed by atoms with Gasteiger partial charge in [-0.05, 0) is 31.0 Å². The molecule has 4 atom stereocenters. The van der Waals surface area contributed by atoms with Gasteiger partial charge in [0.15, 0.2) is 11.8 Å². The number of pyridine rings is 1. The number of fused-ring (bicyclic) bond motifs is 2. The zero-order valence-corrected chi connectivity index (χ0v) is 23.0. The summed E-state index contributed by atoms with van der Waals surface area (Å²) in [5, 5.41) is 10.5. The number of nitrogens with one attached hydrogen (secondary N) is 1. The number of aromatic amines is 1. The van der Waals surface area contributed by atoms with Crippen LogP contribution in [0.5, 0.6) is 6.01 Å². The molecule has 9 nitrogen and oxygen atoms in total. The van der Waals surface area contributed by atoms with Crippen molar-refractivity contribution in [3.63, 3.8) is 0 Å². The minimum absolute atomic E-state index is 0.243. The average Bonchev–Trinajstić information content (AvgIpc) is 3.75. The summed E-state index contributed by atoms with van der Waals surface area (Å²) in [6, 6.07) is 19.3. The van der Waals surface area contributed by atoms with Crippen LogP contribution in [-0.2, 0) is 9.47 Å².